The van der Waals surface area contributed by atoms with Crippen LogP contribution in [-0.4, -0.2) is 37.2 Å². The molecule has 0 radical (unpaired) electrons. The minimum Gasteiger partial charge on any atom is -0.462 e. The number of carbonyl (C=O) groups excluding carboxylic acids is 3. The minimum atomic E-state index is -0.793. The Labute approximate surface area is 506 Å². The number of unbranched alkanes of at least 4 members (excludes halogenated alkanes) is 28. The highest BCUT2D eigenvalue weighted by Gasteiger charge is 2.19. The molecule has 0 saturated heterocycles. The Morgan fingerprint density at radius 3 is 0.744 bits per heavy atom. The van der Waals surface area contributed by atoms with E-state index in [0.717, 1.165) is 141 Å². The second kappa shape index (κ2) is 69.0. The summed E-state index contributed by atoms with van der Waals surface area (Å²) in [6.45, 7) is 6.38. The summed E-state index contributed by atoms with van der Waals surface area (Å²) in [7, 11) is 0. The summed E-state index contributed by atoms with van der Waals surface area (Å²) in [4.78, 5) is 38.2. The normalized spacial score (nSPS) is 13.0. The number of hydrogen-bond acceptors (Lipinski definition) is 6. The van der Waals surface area contributed by atoms with Gasteiger partial charge >= 0.3 is 17.9 Å². The van der Waals surface area contributed by atoms with Crippen molar-refractivity contribution in [2.45, 2.75) is 316 Å². The monoisotopic (exact) mass is 1130 g/mol. The molecule has 0 fully saturated rings. The molecule has 0 aliphatic carbocycles. The molecule has 0 rings (SSSR count). The Kier molecular flexibility index (Phi) is 65.3. The van der Waals surface area contributed by atoms with Crippen molar-refractivity contribution in [2.75, 3.05) is 13.2 Å². The number of carbonyl (C=O) groups is 3. The fourth-order valence-electron chi connectivity index (χ4n) is 9.36. The molecule has 0 heterocycles. The second-order valence-corrected chi connectivity index (χ2v) is 22.3. The lowest BCUT2D eigenvalue weighted by Crippen LogP contribution is -2.30. The highest BCUT2D eigenvalue weighted by Crippen LogP contribution is 2.17. The fraction of sp³-hybridized carbons (Fsp3) is 0.671. The van der Waals surface area contributed by atoms with Crippen molar-refractivity contribution in [3.05, 3.63) is 134 Å². The maximum Gasteiger partial charge on any atom is 0.306 e. The van der Waals surface area contributed by atoms with E-state index in [1.165, 1.54) is 128 Å². The maximum absolute atomic E-state index is 12.9. The summed E-state index contributed by atoms with van der Waals surface area (Å²) in [5.41, 5.74) is 0. The molecule has 82 heavy (non-hydrogen) atoms. The highest BCUT2D eigenvalue weighted by molar-refractivity contribution is 5.71. The van der Waals surface area contributed by atoms with E-state index >= 15 is 0 Å². The zero-order chi connectivity index (χ0) is 59.2. The molecule has 6 heteroatoms. The highest BCUT2D eigenvalue weighted by atomic mass is 16.6. The van der Waals surface area contributed by atoms with Crippen molar-refractivity contribution in [1.82, 2.24) is 0 Å². The van der Waals surface area contributed by atoms with Crippen molar-refractivity contribution in [3.8, 4) is 0 Å². The third-order valence-corrected chi connectivity index (χ3v) is 14.4. The zero-order valence-electron chi connectivity index (χ0n) is 53.5. The van der Waals surface area contributed by atoms with Crippen LogP contribution in [0.1, 0.15) is 310 Å². The number of allylic oxidation sites excluding steroid dienone is 22. The first-order valence-electron chi connectivity index (χ1n) is 34.2. The van der Waals surface area contributed by atoms with Gasteiger partial charge in [0.15, 0.2) is 6.10 Å². The van der Waals surface area contributed by atoms with Gasteiger partial charge in [-0.1, -0.05) is 309 Å². The maximum atomic E-state index is 12.9. The average molecular weight is 1140 g/mol. The quantitative estimate of drug-likeness (QED) is 0.0261. The molecule has 1 atom stereocenters. The third kappa shape index (κ3) is 66.4. The van der Waals surface area contributed by atoms with Crippen LogP contribution in [0.3, 0.4) is 0 Å². The Balaban J connectivity index is 4.14. The molecule has 6 nitrogen and oxygen atoms in total. The number of ether oxygens (including phenoxy) is 3. The molecular weight excluding hydrogens is 1010 g/mol. The predicted molar refractivity (Wildman–Crippen MR) is 357 cm³/mol. The lowest BCUT2D eigenvalue weighted by Gasteiger charge is -2.18. The Morgan fingerprint density at radius 2 is 0.476 bits per heavy atom. The van der Waals surface area contributed by atoms with Gasteiger partial charge in [-0.3, -0.25) is 14.4 Å². The van der Waals surface area contributed by atoms with Crippen LogP contribution in [0, 0.1) is 0 Å². The van der Waals surface area contributed by atoms with Gasteiger partial charge in [-0.05, 0) is 116 Å². The van der Waals surface area contributed by atoms with Gasteiger partial charge < -0.3 is 14.2 Å². The molecule has 0 spiro atoms. The van der Waals surface area contributed by atoms with Crippen LogP contribution in [0.15, 0.2) is 134 Å². The van der Waals surface area contributed by atoms with E-state index in [0.29, 0.717) is 19.3 Å². The average Bonchev–Trinajstić information content (AvgIpc) is 3.47. The summed E-state index contributed by atoms with van der Waals surface area (Å²) >= 11 is 0. The lowest BCUT2D eigenvalue weighted by atomic mass is 10.0. The topological polar surface area (TPSA) is 78.9 Å². The predicted octanol–water partition coefficient (Wildman–Crippen LogP) is 23.7. The Bertz CT molecular complexity index is 1730. The van der Waals surface area contributed by atoms with Crippen LogP contribution >= 0.6 is 0 Å². The van der Waals surface area contributed by atoms with E-state index in [9.17, 15) is 14.4 Å². The summed E-state index contributed by atoms with van der Waals surface area (Å²) in [5.74, 6) is -0.911. The summed E-state index contributed by atoms with van der Waals surface area (Å²) in [6.07, 6.45) is 97.8. The van der Waals surface area contributed by atoms with E-state index in [4.69, 9.17) is 14.2 Å². The Hall–Kier alpha value is -4.45. The van der Waals surface area contributed by atoms with Gasteiger partial charge in [-0.15, -0.1) is 0 Å². The standard InChI is InChI=1S/C76H126O6/c1-4-7-10-13-16-19-21-23-25-27-29-31-33-34-35-36-37-38-39-40-41-42-44-45-47-49-51-53-55-57-60-63-66-69-75(78)81-72-73(71-80-74(77)68-65-62-59-18-15-12-9-6-3)82-76(79)70-67-64-61-58-56-54-52-50-48-46-43-32-30-28-26-24-22-20-17-14-11-8-5-2/h7-8,10-11,16-17,19-20,23-26,29-32,34-35,46,48,52,54,73H,4-6,9,12-15,18,21-22,27-28,33,36-45,47,49-51,53,55-72H2,1-3H3/b10-7-,11-8-,19-16-,20-17-,25-23-,26-24-,31-29-,32-30-,35-34-,48-46-,54-52-. The summed E-state index contributed by atoms with van der Waals surface area (Å²) < 4.78 is 16.9. The molecule has 0 aromatic heterocycles. The van der Waals surface area contributed by atoms with E-state index in [1.807, 2.05) is 0 Å². The van der Waals surface area contributed by atoms with Gasteiger partial charge in [0.2, 0.25) is 0 Å². The largest absolute Gasteiger partial charge is 0.462 e. The molecule has 0 aromatic carbocycles. The van der Waals surface area contributed by atoms with Crippen molar-refractivity contribution in [2.24, 2.45) is 0 Å². The molecule has 0 aromatic rings. The first-order chi connectivity index (χ1) is 40.5. The van der Waals surface area contributed by atoms with Crippen LogP contribution in [0.5, 0.6) is 0 Å². The molecule has 1 unspecified atom stereocenters. The molecule has 466 valence electrons. The van der Waals surface area contributed by atoms with Crippen LogP contribution < -0.4 is 0 Å². The van der Waals surface area contributed by atoms with Gasteiger partial charge in [0, 0.05) is 19.3 Å². The Morgan fingerprint density at radius 1 is 0.256 bits per heavy atom. The van der Waals surface area contributed by atoms with Crippen molar-refractivity contribution >= 4 is 17.9 Å². The number of rotatable bonds is 61. The van der Waals surface area contributed by atoms with Gasteiger partial charge in [-0.2, -0.15) is 0 Å². The zero-order valence-corrected chi connectivity index (χ0v) is 53.5. The number of hydrogen-bond donors (Lipinski definition) is 0. The minimum absolute atomic E-state index is 0.0882. The van der Waals surface area contributed by atoms with Crippen LogP contribution in [-0.2, 0) is 28.6 Å². The van der Waals surface area contributed by atoms with Crippen LogP contribution in [0.25, 0.3) is 0 Å². The fourth-order valence-corrected chi connectivity index (χ4v) is 9.36. The van der Waals surface area contributed by atoms with Gasteiger partial charge in [0.25, 0.3) is 0 Å². The lowest BCUT2D eigenvalue weighted by molar-refractivity contribution is -0.167. The molecular formula is C76H126O6. The van der Waals surface area contributed by atoms with E-state index in [-0.39, 0.29) is 31.1 Å². The van der Waals surface area contributed by atoms with E-state index in [2.05, 4.69) is 154 Å². The van der Waals surface area contributed by atoms with Crippen molar-refractivity contribution in [3.63, 3.8) is 0 Å². The van der Waals surface area contributed by atoms with Crippen molar-refractivity contribution in [1.29, 1.82) is 0 Å². The molecule has 0 bridgehead atoms. The molecule has 0 saturated carbocycles. The molecule has 0 N–H and O–H groups in total. The SMILES string of the molecule is CC/C=C\C/C=C\C/C=C\C/C=C\C/C=C\C/C=C\CCCCCCC(=O)OC(COC(=O)CCCCCCCCCC)COC(=O)CCCCCCCCCCCCCCCCCCC/C=C\C/C=C\C/C=C\C/C=C\C/C=C\CC. The molecule has 0 amide bonds. The van der Waals surface area contributed by atoms with Crippen LogP contribution in [0.2, 0.25) is 0 Å². The first kappa shape index (κ1) is 77.5. The van der Waals surface area contributed by atoms with Gasteiger partial charge in [-0.25, -0.2) is 0 Å². The van der Waals surface area contributed by atoms with Crippen LogP contribution in [0.4, 0.5) is 0 Å². The van der Waals surface area contributed by atoms with Gasteiger partial charge in [0.1, 0.15) is 13.2 Å². The van der Waals surface area contributed by atoms with Crippen molar-refractivity contribution < 1.29 is 28.6 Å². The smallest absolute Gasteiger partial charge is 0.306 e. The molecule has 0 aliphatic rings. The van der Waals surface area contributed by atoms with Gasteiger partial charge in [0.05, 0.1) is 0 Å². The summed E-state index contributed by atoms with van der Waals surface area (Å²) in [6, 6.07) is 0. The third-order valence-electron chi connectivity index (χ3n) is 14.4. The van der Waals surface area contributed by atoms with E-state index in [1.54, 1.807) is 0 Å². The number of esters is 3. The first-order valence-corrected chi connectivity index (χ1v) is 34.2. The van der Waals surface area contributed by atoms with E-state index < -0.39 is 6.10 Å². The second-order valence-electron chi connectivity index (χ2n) is 22.3. The molecule has 0 aliphatic heterocycles. The summed E-state index contributed by atoms with van der Waals surface area (Å²) in [5, 5.41) is 0.